The molecular formula is C10H16N2O. The first-order valence-electron chi connectivity index (χ1n) is 4.79. The molecule has 1 heterocycles. The minimum atomic E-state index is 0.0172. The predicted octanol–water partition coefficient (Wildman–Crippen LogP) is 1.81. The molecule has 0 aromatic carbocycles. The van der Waals surface area contributed by atoms with Gasteiger partial charge in [0.05, 0.1) is 6.33 Å². The van der Waals surface area contributed by atoms with Crippen molar-refractivity contribution >= 4 is 0 Å². The highest BCUT2D eigenvalue weighted by Crippen LogP contribution is 2.04. The van der Waals surface area contributed by atoms with E-state index in [2.05, 4.69) is 16.9 Å². The largest absolute Gasteiger partial charge is 0.313 e. The van der Waals surface area contributed by atoms with E-state index < -0.39 is 0 Å². The quantitative estimate of drug-likeness (QED) is 0.718. The molecule has 1 aromatic heterocycles. The van der Waals surface area contributed by atoms with Crippen LogP contribution in [-0.2, 0) is 6.42 Å². The molecule has 3 nitrogen and oxygen atoms in total. The molecule has 0 aliphatic heterocycles. The van der Waals surface area contributed by atoms with E-state index in [0.717, 1.165) is 24.1 Å². The van der Waals surface area contributed by atoms with Crippen molar-refractivity contribution in [2.75, 3.05) is 0 Å². The van der Waals surface area contributed by atoms with Gasteiger partial charge in [-0.1, -0.05) is 19.8 Å². The molecule has 3 heteroatoms. The molecule has 13 heavy (non-hydrogen) atoms. The highest BCUT2D eigenvalue weighted by molar-refractivity contribution is 5.14. The maximum Gasteiger partial charge on any atom is 0.254 e. The molecule has 1 N–H and O–H groups in total. The second-order valence-corrected chi connectivity index (χ2v) is 3.25. The third-order valence-electron chi connectivity index (χ3n) is 2.19. The average molecular weight is 180 g/mol. The molecule has 0 atom stereocenters. The van der Waals surface area contributed by atoms with Gasteiger partial charge >= 0.3 is 0 Å². The first-order valence-corrected chi connectivity index (χ1v) is 4.79. The second-order valence-electron chi connectivity index (χ2n) is 3.25. The minimum Gasteiger partial charge on any atom is -0.313 e. The Morgan fingerprint density at radius 3 is 2.85 bits per heavy atom. The normalized spacial score (nSPS) is 10.3. The summed E-state index contributed by atoms with van der Waals surface area (Å²) >= 11 is 0. The van der Waals surface area contributed by atoms with E-state index in [1.807, 2.05) is 6.92 Å². The van der Waals surface area contributed by atoms with Crippen molar-refractivity contribution in [3.8, 4) is 0 Å². The zero-order valence-corrected chi connectivity index (χ0v) is 8.26. The van der Waals surface area contributed by atoms with Crippen LogP contribution in [0.2, 0.25) is 0 Å². The van der Waals surface area contributed by atoms with Gasteiger partial charge in [0.2, 0.25) is 0 Å². The Hall–Kier alpha value is -1.12. The number of aromatic amines is 1. The molecular weight excluding hydrogens is 164 g/mol. The van der Waals surface area contributed by atoms with Gasteiger partial charge in [-0.05, 0) is 19.8 Å². The van der Waals surface area contributed by atoms with Gasteiger partial charge in [-0.3, -0.25) is 4.79 Å². The van der Waals surface area contributed by atoms with Crippen LogP contribution in [0.3, 0.4) is 0 Å². The number of unbranched alkanes of at least 4 members (excludes halogenated alkanes) is 2. The van der Waals surface area contributed by atoms with Gasteiger partial charge in [-0.2, -0.15) is 0 Å². The van der Waals surface area contributed by atoms with Gasteiger partial charge in [-0.15, -0.1) is 0 Å². The lowest BCUT2D eigenvalue weighted by Crippen LogP contribution is -2.15. The van der Waals surface area contributed by atoms with Crippen LogP contribution in [-0.4, -0.2) is 9.97 Å². The van der Waals surface area contributed by atoms with E-state index in [4.69, 9.17) is 0 Å². The lowest BCUT2D eigenvalue weighted by molar-refractivity contribution is 0.707. The van der Waals surface area contributed by atoms with Gasteiger partial charge in [0.1, 0.15) is 0 Å². The smallest absolute Gasteiger partial charge is 0.254 e. The lowest BCUT2D eigenvalue weighted by Gasteiger charge is -2.01. The number of nitrogens with one attached hydrogen (secondary N) is 1. The van der Waals surface area contributed by atoms with Crippen molar-refractivity contribution in [1.82, 2.24) is 9.97 Å². The van der Waals surface area contributed by atoms with Crippen LogP contribution in [0.5, 0.6) is 0 Å². The predicted molar refractivity (Wildman–Crippen MR) is 52.8 cm³/mol. The van der Waals surface area contributed by atoms with E-state index in [9.17, 15) is 4.79 Å². The van der Waals surface area contributed by atoms with Gasteiger partial charge in [0.25, 0.3) is 5.56 Å². The standard InChI is InChI=1S/C10H16N2O/c1-3-4-5-6-9-8(2)11-7-12-10(9)13/h7H,3-6H2,1-2H3,(H,11,12,13). The summed E-state index contributed by atoms with van der Waals surface area (Å²) in [7, 11) is 0. The van der Waals surface area contributed by atoms with E-state index in [-0.39, 0.29) is 5.56 Å². The summed E-state index contributed by atoms with van der Waals surface area (Å²) in [5.41, 5.74) is 1.72. The van der Waals surface area contributed by atoms with Crippen molar-refractivity contribution in [3.05, 3.63) is 27.9 Å². The SMILES string of the molecule is CCCCCc1c(C)nc[nH]c1=O. The maximum absolute atomic E-state index is 11.3. The Morgan fingerprint density at radius 1 is 1.46 bits per heavy atom. The van der Waals surface area contributed by atoms with Gasteiger partial charge in [0, 0.05) is 11.3 Å². The van der Waals surface area contributed by atoms with Crippen molar-refractivity contribution < 1.29 is 0 Å². The summed E-state index contributed by atoms with van der Waals surface area (Å²) in [4.78, 5) is 18.0. The lowest BCUT2D eigenvalue weighted by atomic mass is 10.1. The van der Waals surface area contributed by atoms with Crippen LogP contribution in [0.4, 0.5) is 0 Å². The van der Waals surface area contributed by atoms with Crippen molar-refractivity contribution in [1.29, 1.82) is 0 Å². The Labute approximate surface area is 78.2 Å². The van der Waals surface area contributed by atoms with Gasteiger partial charge in [-0.25, -0.2) is 4.98 Å². The monoisotopic (exact) mass is 180 g/mol. The topological polar surface area (TPSA) is 45.8 Å². The Morgan fingerprint density at radius 2 is 2.23 bits per heavy atom. The molecule has 0 fully saturated rings. The molecule has 0 aliphatic rings. The van der Waals surface area contributed by atoms with E-state index >= 15 is 0 Å². The fourth-order valence-electron chi connectivity index (χ4n) is 1.36. The van der Waals surface area contributed by atoms with Gasteiger partial charge < -0.3 is 4.98 Å². The molecule has 1 aromatic rings. The van der Waals surface area contributed by atoms with Gasteiger partial charge in [0.15, 0.2) is 0 Å². The van der Waals surface area contributed by atoms with E-state index in [1.54, 1.807) is 0 Å². The summed E-state index contributed by atoms with van der Waals surface area (Å²) in [5, 5.41) is 0. The van der Waals surface area contributed by atoms with Crippen LogP contribution in [0, 0.1) is 6.92 Å². The van der Waals surface area contributed by atoms with Crippen LogP contribution in [0.1, 0.15) is 37.4 Å². The van der Waals surface area contributed by atoms with Crippen molar-refractivity contribution in [2.45, 2.75) is 39.5 Å². The molecule has 0 spiro atoms. The van der Waals surface area contributed by atoms with Crippen molar-refractivity contribution in [2.24, 2.45) is 0 Å². The minimum absolute atomic E-state index is 0.0172. The Balaban J connectivity index is 2.70. The molecule has 0 radical (unpaired) electrons. The second kappa shape index (κ2) is 4.80. The van der Waals surface area contributed by atoms with Crippen LogP contribution in [0.15, 0.2) is 11.1 Å². The number of H-pyrrole nitrogens is 1. The zero-order valence-electron chi connectivity index (χ0n) is 8.26. The maximum atomic E-state index is 11.3. The van der Waals surface area contributed by atoms with E-state index in [0.29, 0.717) is 0 Å². The number of rotatable bonds is 4. The third kappa shape index (κ3) is 2.68. The molecule has 1 rings (SSSR count). The Kier molecular flexibility index (Phi) is 3.68. The number of hydrogen-bond acceptors (Lipinski definition) is 2. The molecule has 72 valence electrons. The molecule has 0 aliphatic carbocycles. The van der Waals surface area contributed by atoms with E-state index in [1.165, 1.54) is 19.2 Å². The van der Waals surface area contributed by atoms with Crippen LogP contribution < -0.4 is 5.56 Å². The average Bonchev–Trinajstić information content (AvgIpc) is 2.10. The summed E-state index contributed by atoms with van der Waals surface area (Å²) < 4.78 is 0. The molecule has 0 saturated carbocycles. The summed E-state index contributed by atoms with van der Waals surface area (Å²) in [5.74, 6) is 0. The molecule has 0 bridgehead atoms. The van der Waals surface area contributed by atoms with Crippen LogP contribution >= 0.6 is 0 Å². The van der Waals surface area contributed by atoms with Crippen molar-refractivity contribution in [3.63, 3.8) is 0 Å². The fraction of sp³-hybridized carbons (Fsp3) is 0.600. The number of aryl methyl sites for hydroxylation is 1. The molecule has 0 unspecified atom stereocenters. The first-order chi connectivity index (χ1) is 6.25. The number of hydrogen-bond donors (Lipinski definition) is 1. The number of nitrogens with zero attached hydrogens (tertiary/aromatic N) is 1. The molecule has 0 saturated heterocycles. The van der Waals surface area contributed by atoms with Crippen LogP contribution in [0.25, 0.3) is 0 Å². The zero-order chi connectivity index (χ0) is 9.68. The summed E-state index contributed by atoms with van der Waals surface area (Å²) in [6, 6.07) is 0. The number of aromatic nitrogens is 2. The third-order valence-corrected chi connectivity index (χ3v) is 2.19. The first kappa shape index (κ1) is 9.96. The summed E-state index contributed by atoms with van der Waals surface area (Å²) in [6.45, 7) is 4.04. The highest BCUT2D eigenvalue weighted by atomic mass is 16.1. The summed E-state index contributed by atoms with van der Waals surface area (Å²) in [6.07, 6.45) is 5.74. The Bertz CT molecular complexity index is 317. The fourth-order valence-corrected chi connectivity index (χ4v) is 1.36. The highest BCUT2D eigenvalue weighted by Gasteiger charge is 2.03. The molecule has 0 amide bonds.